The van der Waals surface area contributed by atoms with E-state index in [2.05, 4.69) is 5.32 Å². The quantitative estimate of drug-likeness (QED) is 0.666. The third-order valence-corrected chi connectivity index (χ3v) is 2.85. The van der Waals surface area contributed by atoms with E-state index in [0.717, 1.165) is 12.1 Å². The highest BCUT2D eigenvalue weighted by atomic mass is 19.1. The summed E-state index contributed by atoms with van der Waals surface area (Å²) in [6, 6.07) is 10.8. The van der Waals surface area contributed by atoms with Crippen LogP contribution in [0.3, 0.4) is 0 Å². The van der Waals surface area contributed by atoms with Crippen LogP contribution in [0, 0.1) is 15.9 Å². The van der Waals surface area contributed by atoms with Crippen LogP contribution in [0.15, 0.2) is 48.5 Å². The van der Waals surface area contributed by atoms with Crippen molar-refractivity contribution in [2.75, 3.05) is 5.32 Å². The highest BCUT2D eigenvalue weighted by molar-refractivity contribution is 5.95. The van der Waals surface area contributed by atoms with Gasteiger partial charge in [-0.3, -0.25) is 14.9 Å². The van der Waals surface area contributed by atoms with Crippen LogP contribution in [0.4, 0.5) is 15.8 Å². The molecule has 0 saturated carbocycles. The molecule has 0 unspecified atom stereocenters. The first-order valence-corrected chi connectivity index (χ1v) is 6.04. The summed E-state index contributed by atoms with van der Waals surface area (Å²) in [5, 5.41) is 13.1. The molecule has 0 aromatic heterocycles. The topological polar surface area (TPSA) is 98.3 Å². The van der Waals surface area contributed by atoms with Crippen molar-refractivity contribution in [1.29, 1.82) is 0 Å². The van der Waals surface area contributed by atoms with Crippen LogP contribution >= 0.6 is 0 Å². The van der Waals surface area contributed by atoms with Gasteiger partial charge in [0, 0.05) is 11.8 Å². The average Bonchev–Trinajstić information content (AvgIpc) is 2.49. The summed E-state index contributed by atoms with van der Waals surface area (Å²) in [7, 11) is 0. The Labute approximate surface area is 119 Å². The van der Waals surface area contributed by atoms with E-state index >= 15 is 0 Å². The first kappa shape index (κ1) is 14.6. The fourth-order valence-electron chi connectivity index (χ4n) is 1.76. The first-order valence-electron chi connectivity index (χ1n) is 6.04. The maximum Gasteiger partial charge on any atom is 0.306 e. The lowest BCUT2D eigenvalue weighted by atomic mass is 10.1. The molecular formula is C14H12FN3O3. The van der Waals surface area contributed by atoms with Crippen molar-refractivity contribution in [3.8, 4) is 0 Å². The van der Waals surface area contributed by atoms with Crippen LogP contribution in [-0.2, 0) is 4.79 Å². The lowest BCUT2D eigenvalue weighted by Crippen LogP contribution is -2.27. The Morgan fingerprint density at radius 2 is 1.90 bits per heavy atom. The van der Waals surface area contributed by atoms with Gasteiger partial charge in [-0.2, -0.15) is 4.39 Å². The Kier molecular flexibility index (Phi) is 4.24. The molecule has 0 bridgehead atoms. The zero-order valence-electron chi connectivity index (χ0n) is 10.8. The highest BCUT2D eigenvalue weighted by Crippen LogP contribution is 2.22. The molecule has 1 amide bonds. The third kappa shape index (κ3) is 3.40. The lowest BCUT2D eigenvalue weighted by molar-refractivity contribution is -0.387. The summed E-state index contributed by atoms with van der Waals surface area (Å²) in [5.41, 5.74) is 5.80. The van der Waals surface area contributed by atoms with Crippen molar-refractivity contribution in [3.63, 3.8) is 0 Å². The van der Waals surface area contributed by atoms with Crippen molar-refractivity contribution < 1.29 is 14.1 Å². The predicted molar refractivity (Wildman–Crippen MR) is 75.1 cm³/mol. The van der Waals surface area contributed by atoms with E-state index < -0.39 is 28.4 Å². The first-order chi connectivity index (χ1) is 9.99. The van der Waals surface area contributed by atoms with E-state index in [0.29, 0.717) is 5.56 Å². The van der Waals surface area contributed by atoms with Gasteiger partial charge in [0.05, 0.1) is 4.92 Å². The summed E-state index contributed by atoms with van der Waals surface area (Å²) < 4.78 is 13.2. The van der Waals surface area contributed by atoms with E-state index in [1.54, 1.807) is 30.3 Å². The number of carbonyl (C=O) groups excluding carboxylic acids is 1. The number of nitrogens with two attached hydrogens (primary N) is 1. The third-order valence-electron chi connectivity index (χ3n) is 2.85. The fraction of sp³-hybridized carbons (Fsp3) is 0.0714. The number of nitro benzene ring substituents is 1. The van der Waals surface area contributed by atoms with Crippen molar-refractivity contribution in [2.45, 2.75) is 6.04 Å². The fourth-order valence-corrected chi connectivity index (χ4v) is 1.76. The summed E-state index contributed by atoms with van der Waals surface area (Å²) in [6.45, 7) is 0. The minimum atomic E-state index is -0.967. The van der Waals surface area contributed by atoms with Gasteiger partial charge in [0.25, 0.3) is 0 Å². The molecule has 1 atom stereocenters. The molecule has 2 aromatic rings. The maximum atomic E-state index is 13.2. The number of rotatable bonds is 4. The second-order valence-corrected chi connectivity index (χ2v) is 4.30. The molecule has 0 aliphatic rings. The molecule has 3 N–H and O–H groups in total. The zero-order chi connectivity index (χ0) is 15.4. The van der Waals surface area contributed by atoms with E-state index in [-0.39, 0.29) is 5.69 Å². The van der Waals surface area contributed by atoms with E-state index in [1.165, 1.54) is 6.07 Å². The molecule has 2 aromatic carbocycles. The van der Waals surface area contributed by atoms with Crippen molar-refractivity contribution in [2.24, 2.45) is 5.73 Å². The van der Waals surface area contributed by atoms with Crippen LogP contribution in [0.25, 0.3) is 0 Å². The molecule has 0 aliphatic heterocycles. The predicted octanol–water partition coefficient (Wildman–Crippen LogP) is 2.37. The Bertz CT molecular complexity index is 676. The van der Waals surface area contributed by atoms with Crippen LogP contribution in [-0.4, -0.2) is 10.8 Å². The van der Waals surface area contributed by atoms with Gasteiger partial charge in [0.1, 0.15) is 6.04 Å². The molecule has 0 heterocycles. The zero-order valence-corrected chi connectivity index (χ0v) is 10.8. The van der Waals surface area contributed by atoms with E-state index in [4.69, 9.17) is 5.73 Å². The van der Waals surface area contributed by atoms with Crippen LogP contribution < -0.4 is 11.1 Å². The number of carbonyl (C=O) groups is 1. The average molecular weight is 289 g/mol. The molecule has 7 heteroatoms. The standard InChI is InChI=1S/C14H12FN3O3/c15-11-7-6-10(8-12(11)18(20)21)17-14(19)13(16)9-4-2-1-3-5-9/h1-8,13H,16H2,(H,17,19)/t13-/m1/s1. The van der Waals surface area contributed by atoms with Gasteiger partial charge in [-0.25, -0.2) is 0 Å². The van der Waals surface area contributed by atoms with Gasteiger partial charge in [-0.1, -0.05) is 30.3 Å². The second kappa shape index (κ2) is 6.10. The summed E-state index contributed by atoms with van der Waals surface area (Å²) in [6.07, 6.45) is 0. The SMILES string of the molecule is N[C@@H](C(=O)Nc1ccc(F)c([N+](=O)[O-])c1)c1ccccc1. The molecule has 0 radical (unpaired) electrons. The maximum absolute atomic E-state index is 13.2. The Morgan fingerprint density at radius 3 is 2.52 bits per heavy atom. The smallest absolute Gasteiger partial charge is 0.306 e. The van der Waals surface area contributed by atoms with Crippen LogP contribution in [0.2, 0.25) is 0 Å². The minimum Gasteiger partial charge on any atom is -0.324 e. The normalized spacial score (nSPS) is 11.7. The van der Waals surface area contributed by atoms with Gasteiger partial charge in [-0.15, -0.1) is 0 Å². The minimum absolute atomic E-state index is 0.111. The molecule has 2 rings (SSSR count). The van der Waals surface area contributed by atoms with E-state index in [1.807, 2.05) is 0 Å². The highest BCUT2D eigenvalue weighted by Gasteiger charge is 2.18. The Balaban J connectivity index is 2.16. The van der Waals surface area contributed by atoms with Gasteiger partial charge < -0.3 is 11.1 Å². The van der Waals surface area contributed by atoms with Gasteiger partial charge >= 0.3 is 5.69 Å². The summed E-state index contributed by atoms with van der Waals surface area (Å²) >= 11 is 0. The molecular weight excluding hydrogens is 277 g/mol. The Morgan fingerprint density at radius 1 is 1.24 bits per heavy atom. The summed E-state index contributed by atoms with van der Waals surface area (Å²) in [5.74, 6) is -1.51. The van der Waals surface area contributed by atoms with Crippen molar-refractivity contribution >= 4 is 17.3 Å². The number of amides is 1. The number of anilines is 1. The number of halogens is 1. The number of nitro groups is 1. The number of nitrogens with zero attached hydrogens (tertiary/aromatic N) is 1. The summed E-state index contributed by atoms with van der Waals surface area (Å²) in [4.78, 5) is 21.8. The van der Waals surface area contributed by atoms with Crippen LogP contribution in [0.5, 0.6) is 0 Å². The molecule has 0 aliphatic carbocycles. The van der Waals surface area contributed by atoms with E-state index in [9.17, 15) is 19.3 Å². The molecule has 0 spiro atoms. The number of benzene rings is 2. The van der Waals surface area contributed by atoms with Crippen molar-refractivity contribution in [1.82, 2.24) is 0 Å². The number of hydrogen-bond acceptors (Lipinski definition) is 4. The molecule has 21 heavy (non-hydrogen) atoms. The Hall–Kier alpha value is -2.80. The number of hydrogen-bond donors (Lipinski definition) is 2. The molecule has 0 fully saturated rings. The molecule has 0 saturated heterocycles. The molecule has 6 nitrogen and oxygen atoms in total. The number of nitrogens with one attached hydrogen (secondary N) is 1. The van der Waals surface area contributed by atoms with Crippen molar-refractivity contribution in [3.05, 3.63) is 70.0 Å². The van der Waals surface area contributed by atoms with Gasteiger partial charge in [0.2, 0.25) is 11.7 Å². The van der Waals surface area contributed by atoms with Gasteiger partial charge in [-0.05, 0) is 17.7 Å². The monoisotopic (exact) mass is 289 g/mol. The largest absolute Gasteiger partial charge is 0.324 e. The van der Waals surface area contributed by atoms with Gasteiger partial charge in [0.15, 0.2) is 0 Å². The molecule has 108 valence electrons. The second-order valence-electron chi connectivity index (χ2n) is 4.30. The lowest BCUT2D eigenvalue weighted by Gasteiger charge is -2.12. The van der Waals surface area contributed by atoms with Crippen LogP contribution in [0.1, 0.15) is 11.6 Å².